The fourth-order valence-corrected chi connectivity index (χ4v) is 3.58. The number of anilines is 1. The summed E-state index contributed by atoms with van der Waals surface area (Å²) >= 11 is 0. The van der Waals surface area contributed by atoms with Crippen molar-refractivity contribution in [3.8, 4) is 6.07 Å². The number of amides is 2. The van der Waals surface area contributed by atoms with Gasteiger partial charge in [-0.1, -0.05) is 12.1 Å². The predicted molar refractivity (Wildman–Crippen MR) is 99.0 cm³/mol. The highest BCUT2D eigenvalue weighted by Crippen LogP contribution is 2.23. The summed E-state index contributed by atoms with van der Waals surface area (Å²) in [6.07, 6.45) is 0. The number of benzene rings is 1. The van der Waals surface area contributed by atoms with Crippen LogP contribution in [-0.4, -0.2) is 40.9 Å². The van der Waals surface area contributed by atoms with Crippen molar-refractivity contribution in [1.29, 1.82) is 5.26 Å². The molecule has 2 aromatic rings. The quantitative estimate of drug-likeness (QED) is 0.854. The maximum absolute atomic E-state index is 12.9. The molecule has 1 aliphatic heterocycles. The molecule has 0 unspecified atom stereocenters. The van der Waals surface area contributed by atoms with Gasteiger partial charge in [-0.05, 0) is 39.0 Å². The maximum atomic E-state index is 12.9. The minimum Gasteiger partial charge on any atom is -0.349 e. The van der Waals surface area contributed by atoms with Gasteiger partial charge in [0.15, 0.2) is 0 Å². The van der Waals surface area contributed by atoms with Crippen molar-refractivity contribution in [2.75, 3.05) is 24.5 Å². The monoisotopic (exact) mass is 350 g/mol. The second kappa shape index (κ2) is 7.04. The first-order chi connectivity index (χ1) is 12.5. The molecule has 1 saturated heterocycles. The first-order valence-corrected chi connectivity index (χ1v) is 8.73. The Morgan fingerprint density at radius 1 is 1.23 bits per heavy atom. The van der Waals surface area contributed by atoms with Crippen LogP contribution in [0.4, 0.5) is 5.69 Å². The first kappa shape index (κ1) is 17.7. The second-order valence-corrected chi connectivity index (χ2v) is 6.43. The third kappa shape index (κ3) is 2.97. The average Bonchev–Trinajstić information content (AvgIpc) is 2.94. The number of para-hydroxylation sites is 1. The Bertz CT molecular complexity index is 907. The predicted octanol–water partition coefficient (Wildman–Crippen LogP) is 2.49. The highest BCUT2D eigenvalue weighted by molar-refractivity contribution is 6.02. The van der Waals surface area contributed by atoms with Crippen LogP contribution < -0.4 is 4.90 Å². The zero-order valence-electron chi connectivity index (χ0n) is 15.3. The van der Waals surface area contributed by atoms with E-state index in [1.807, 2.05) is 26.8 Å². The molecule has 1 aromatic heterocycles. The summed E-state index contributed by atoms with van der Waals surface area (Å²) in [6.45, 7) is 7.62. The van der Waals surface area contributed by atoms with Crippen LogP contribution in [0, 0.1) is 25.2 Å². The lowest BCUT2D eigenvalue weighted by Crippen LogP contribution is -2.52. The summed E-state index contributed by atoms with van der Waals surface area (Å²) in [4.78, 5) is 28.7. The molecule has 0 bridgehead atoms. The number of carbonyl (C=O) groups excluding carboxylic acids is 2. The zero-order valence-corrected chi connectivity index (χ0v) is 15.3. The van der Waals surface area contributed by atoms with E-state index in [4.69, 9.17) is 0 Å². The van der Waals surface area contributed by atoms with Crippen LogP contribution in [0.2, 0.25) is 0 Å². The fourth-order valence-electron chi connectivity index (χ4n) is 3.58. The zero-order chi connectivity index (χ0) is 18.8. The highest BCUT2D eigenvalue weighted by Gasteiger charge is 2.31. The number of nitriles is 1. The van der Waals surface area contributed by atoms with E-state index in [0.29, 0.717) is 29.9 Å². The van der Waals surface area contributed by atoms with Crippen molar-refractivity contribution >= 4 is 17.5 Å². The van der Waals surface area contributed by atoms with Gasteiger partial charge in [0.05, 0.1) is 16.8 Å². The number of rotatable bonds is 3. The molecule has 134 valence electrons. The first-order valence-electron chi connectivity index (χ1n) is 8.73. The van der Waals surface area contributed by atoms with Crippen molar-refractivity contribution in [2.24, 2.45) is 0 Å². The number of hydrogen-bond donors (Lipinski definition) is 0. The lowest BCUT2D eigenvalue weighted by Gasteiger charge is -2.34. The summed E-state index contributed by atoms with van der Waals surface area (Å²) in [5.41, 5.74) is 3.70. The van der Waals surface area contributed by atoms with E-state index in [-0.39, 0.29) is 18.4 Å². The van der Waals surface area contributed by atoms with Gasteiger partial charge in [0.25, 0.3) is 5.91 Å². The Hall–Kier alpha value is -3.07. The van der Waals surface area contributed by atoms with E-state index < -0.39 is 0 Å². The minimum absolute atomic E-state index is 0.0222. The Morgan fingerprint density at radius 2 is 1.96 bits per heavy atom. The molecular formula is C20H22N4O2. The fraction of sp³-hybridized carbons (Fsp3) is 0.350. The van der Waals surface area contributed by atoms with Gasteiger partial charge in [-0.3, -0.25) is 9.59 Å². The number of piperazine rings is 1. The molecule has 0 aliphatic carbocycles. The standard InChI is InChI=1S/C20H22N4O2/c1-4-23-14(2)11-17(15(23)3)20(26)22-9-10-24(19(25)13-22)18-8-6-5-7-16(18)12-21/h5-8,11H,4,9-10,13H2,1-3H3. The molecule has 0 spiro atoms. The van der Waals surface area contributed by atoms with Crippen molar-refractivity contribution in [1.82, 2.24) is 9.47 Å². The Kier molecular flexibility index (Phi) is 4.81. The van der Waals surface area contributed by atoms with Crippen LogP contribution in [0.15, 0.2) is 30.3 Å². The molecule has 26 heavy (non-hydrogen) atoms. The Labute approximate surface area is 153 Å². The molecule has 6 heteroatoms. The van der Waals surface area contributed by atoms with Crippen molar-refractivity contribution in [2.45, 2.75) is 27.3 Å². The molecule has 3 rings (SSSR count). The van der Waals surface area contributed by atoms with Crippen LogP contribution in [0.3, 0.4) is 0 Å². The number of hydrogen-bond acceptors (Lipinski definition) is 3. The van der Waals surface area contributed by atoms with Gasteiger partial charge >= 0.3 is 0 Å². The molecular weight excluding hydrogens is 328 g/mol. The normalized spacial score (nSPS) is 14.5. The van der Waals surface area contributed by atoms with E-state index in [9.17, 15) is 14.9 Å². The summed E-state index contributed by atoms with van der Waals surface area (Å²) in [7, 11) is 0. The number of aryl methyl sites for hydroxylation is 1. The summed E-state index contributed by atoms with van der Waals surface area (Å²) in [5, 5.41) is 9.25. The minimum atomic E-state index is -0.170. The van der Waals surface area contributed by atoms with Crippen LogP contribution in [0.25, 0.3) is 0 Å². The van der Waals surface area contributed by atoms with Crippen LogP contribution in [-0.2, 0) is 11.3 Å². The number of nitrogens with zero attached hydrogens (tertiary/aromatic N) is 4. The summed E-state index contributed by atoms with van der Waals surface area (Å²) in [6, 6.07) is 11.1. The van der Waals surface area contributed by atoms with Gasteiger partial charge in [0.1, 0.15) is 12.6 Å². The van der Waals surface area contributed by atoms with Crippen LogP contribution in [0.1, 0.15) is 34.2 Å². The molecule has 0 saturated carbocycles. The lowest BCUT2D eigenvalue weighted by atomic mass is 10.1. The van der Waals surface area contributed by atoms with Gasteiger partial charge in [0.2, 0.25) is 5.91 Å². The van der Waals surface area contributed by atoms with Crippen LogP contribution in [0.5, 0.6) is 0 Å². The third-order valence-corrected chi connectivity index (χ3v) is 4.94. The Balaban J connectivity index is 1.80. The average molecular weight is 350 g/mol. The third-order valence-electron chi connectivity index (χ3n) is 4.94. The van der Waals surface area contributed by atoms with Gasteiger partial charge in [-0.15, -0.1) is 0 Å². The molecule has 0 atom stereocenters. The van der Waals surface area contributed by atoms with E-state index >= 15 is 0 Å². The molecule has 0 N–H and O–H groups in total. The molecule has 2 heterocycles. The summed E-state index contributed by atoms with van der Waals surface area (Å²) < 4.78 is 2.09. The number of aromatic nitrogens is 1. The molecule has 1 fully saturated rings. The van der Waals surface area contributed by atoms with Crippen molar-refractivity contribution in [3.63, 3.8) is 0 Å². The van der Waals surface area contributed by atoms with Crippen molar-refractivity contribution in [3.05, 3.63) is 52.8 Å². The Morgan fingerprint density at radius 3 is 2.58 bits per heavy atom. The van der Waals surface area contributed by atoms with Gasteiger partial charge in [0, 0.05) is 31.0 Å². The summed E-state index contributed by atoms with van der Waals surface area (Å²) in [5.74, 6) is -0.282. The van der Waals surface area contributed by atoms with E-state index in [1.165, 1.54) is 0 Å². The van der Waals surface area contributed by atoms with Gasteiger partial charge in [-0.2, -0.15) is 5.26 Å². The largest absolute Gasteiger partial charge is 0.349 e. The van der Waals surface area contributed by atoms with Gasteiger partial charge < -0.3 is 14.4 Å². The topological polar surface area (TPSA) is 69.3 Å². The molecule has 1 aliphatic rings. The molecule has 6 nitrogen and oxygen atoms in total. The molecule has 0 radical (unpaired) electrons. The highest BCUT2D eigenvalue weighted by atomic mass is 16.2. The van der Waals surface area contributed by atoms with Crippen molar-refractivity contribution < 1.29 is 9.59 Å². The number of carbonyl (C=O) groups is 2. The van der Waals surface area contributed by atoms with E-state index in [2.05, 4.69) is 10.6 Å². The lowest BCUT2D eigenvalue weighted by molar-refractivity contribution is -0.120. The maximum Gasteiger partial charge on any atom is 0.256 e. The van der Waals surface area contributed by atoms with Gasteiger partial charge in [-0.25, -0.2) is 0 Å². The smallest absolute Gasteiger partial charge is 0.256 e. The van der Waals surface area contributed by atoms with E-state index in [0.717, 1.165) is 17.9 Å². The second-order valence-electron chi connectivity index (χ2n) is 6.43. The molecule has 1 aromatic carbocycles. The van der Waals surface area contributed by atoms with Crippen LogP contribution >= 0.6 is 0 Å². The SMILES string of the molecule is CCn1c(C)cc(C(=O)N2CCN(c3ccccc3C#N)C(=O)C2)c1C. The van der Waals surface area contributed by atoms with E-state index in [1.54, 1.807) is 34.1 Å². The molecule has 2 amide bonds.